The Hall–Kier alpha value is -2.96. The van der Waals surface area contributed by atoms with Gasteiger partial charge in [0, 0.05) is 41.9 Å². The molecule has 2 aliphatic heterocycles. The van der Waals surface area contributed by atoms with Crippen LogP contribution in [0.15, 0.2) is 34.9 Å². The largest absolute Gasteiger partial charge is 0.390 e. The Morgan fingerprint density at radius 1 is 1.24 bits per heavy atom. The summed E-state index contributed by atoms with van der Waals surface area (Å²) in [7, 11) is 0. The fourth-order valence-corrected chi connectivity index (χ4v) is 5.44. The summed E-state index contributed by atoms with van der Waals surface area (Å²) in [6, 6.07) is 9.86. The van der Waals surface area contributed by atoms with E-state index >= 15 is 0 Å². The number of halogens is 1. The number of nitrogens with zero attached hydrogens (tertiary/aromatic N) is 6. The summed E-state index contributed by atoms with van der Waals surface area (Å²) >= 11 is 3.54. The maximum atomic E-state index is 13.5. The molecule has 3 aromatic rings. The van der Waals surface area contributed by atoms with E-state index in [0.717, 1.165) is 46.4 Å². The molecule has 0 radical (unpaired) electrons. The highest BCUT2D eigenvalue weighted by atomic mass is 79.9. The summed E-state index contributed by atoms with van der Waals surface area (Å²) in [4.78, 5) is 22.3. The lowest BCUT2D eigenvalue weighted by atomic mass is 9.98. The minimum atomic E-state index is -0.675. The van der Waals surface area contributed by atoms with E-state index in [0.29, 0.717) is 30.8 Å². The molecule has 1 N–H and O–H groups in total. The number of benzene rings is 1. The number of aliphatic hydroxyl groups is 1. The third kappa shape index (κ3) is 4.05. The molecule has 0 spiro atoms. The van der Waals surface area contributed by atoms with Crippen molar-refractivity contribution in [1.82, 2.24) is 19.5 Å². The molecule has 2 saturated heterocycles. The van der Waals surface area contributed by atoms with E-state index in [-0.39, 0.29) is 11.9 Å². The van der Waals surface area contributed by atoms with E-state index < -0.39 is 12.0 Å². The molecule has 0 unspecified atom stereocenters. The van der Waals surface area contributed by atoms with Gasteiger partial charge in [0.05, 0.1) is 35.4 Å². The van der Waals surface area contributed by atoms with Crippen LogP contribution in [0.4, 0.5) is 5.82 Å². The van der Waals surface area contributed by atoms with Crippen LogP contribution in [0.5, 0.6) is 0 Å². The first kappa shape index (κ1) is 22.8. The number of nitriles is 1. The number of rotatable bonds is 3. The van der Waals surface area contributed by atoms with E-state index in [4.69, 9.17) is 10.1 Å². The Balaban J connectivity index is 1.47. The quantitative estimate of drug-likeness (QED) is 0.561. The van der Waals surface area contributed by atoms with Gasteiger partial charge in [-0.15, -0.1) is 0 Å². The first-order chi connectivity index (χ1) is 16.4. The number of piperidine rings is 1. The number of hydrogen-bond acceptors (Lipinski definition) is 6. The molecule has 8 nitrogen and oxygen atoms in total. The van der Waals surface area contributed by atoms with Crippen molar-refractivity contribution >= 4 is 33.3 Å². The zero-order chi connectivity index (χ0) is 24.0. The Bertz CT molecular complexity index is 1300. The molecule has 0 saturated carbocycles. The number of carbonyl (C=O) groups is 1. The summed E-state index contributed by atoms with van der Waals surface area (Å²) in [5, 5.41) is 24.2. The van der Waals surface area contributed by atoms with E-state index in [1.807, 2.05) is 54.1 Å². The molecule has 3 atom stereocenters. The van der Waals surface area contributed by atoms with Crippen molar-refractivity contribution in [2.45, 2.75) is 45.3 Å². The lowest BCUT2D eigenvalue weighted by Gasteiger charge is -2.35. The van der Waals surface area contributed by atoms with Crippen molar-refractivity contribution < 1.29 is 9.90 Å². The molecular weight excluding hydrogens is 496 g/mol. The zero-order valence-electron chi connectivity index (χ0n) is 19.3. The third-order valence-corrected chi connectivity index (χ3v) is 7.53. The Morgan fingerprint density at radius 2 is 2.06 bits per heavy atom. The molecule has 0 bridgehead atoms. The van der Waals surface area contributed by atoms with Crippen LogP contribution in [-0.2, 0) is 0 Å². The summed E-state index contributed by atoms with van der Waals surface area (Å²) < 4.78 is 2.57. The van der Waals surface area contributed by atoms with Gasteiger partial charge in [-0.1, -0.05) is 11.6 Å². The molecule has 1 aromatic carbocycles. The summed E-state index contributed by atoms with van der Waals surface area (Å²) in [6.45, 7) is 5.48. The van der Waals surface area contributed by atoms with E-state index in [9.17, 15) is 15.2 Å². The minimum Gasteiger partial charge on any atom is -0.390 e. The minimum absolute atomic E-state index is 0.00996. The van der Waals surface area contributed by atoms with Crippen LogP contribution < -0.4 is 4.90 Å². The molecule has 1 amide bonds. The molecule has 2 aliphatic rings. The molecule has 5 rings (SSSR count). The van der Waals surface area contributed by atoms with Crippen molar-refractivity contribution in [1.29, 1.82) is 5.26 Å². The van der Waals surface area contributed by atoms with E-state index in [1.165, 1.54) is 0 Å². The summed E-state index contributed by atoms with van der Waals surface area (Å²) in [6.07, 6.45) is 4.12. The van der Waals surface area contributed by atoms with Crippen molar-refractivity contribution in [3.05, 3.63) is 57.3 Å². The first-order valence-corrected chi connectivity index (χ1v) is 12.4. The van der Waals surface area contributed by atoms with Gasteiger partial charge in [0.25, 0.3) is 5.91 Å². The number of aryl methyl sites for hydroxylation is 2. The second-order valence-corrected chi connectivity index (χ2v) is 10.2. The Morgan fingerprint density at radius 3 is 2.82 bits per heavy atom. The number of carbonyl (C=O) groups excluding carboxylic acids is 1. The van der Waals surface area contributed by atoms with Gasteiger partial charge in [0.2, 0.25) is 0 Å². The average molecular weight is 523 g/mol. The highest BCUT2D eigenvalue weighted by Crippen LogP contribution is 2.34. The number of amides is 1. The van der Waals surface area contributed by atoms with Crippen molar-refractivity contribution in [2.24, 2.45) is 5.92 Å². The first-order valence-electron chi connectivity index (χ1n) is 11.6. The summed E-state index contributed by atoms with van der Waals surface area (Å²) in [5.41, 5.74) is 4.17. The second-order valence-electron chi connectivity index (χ2n) is 9.32. The number of anilines is 1. The third-order valence-electron chi connectivity index (χ3n) is 6.84. The standard InChI is InChI=1S/C25H27BrN6O2/c1-15-6-7-19(26)18(9-15)25(34)31-8-4-3-5-21(31)20-10-23-28-24(16(2)12-32(23)29-20)30-13-17(11-27)22(33)14-30/h6-7,9-10,12,17,21-22,33H,3-5,8,13-14H2,1-2H3/t17-,21+,22+/m1/s1. The normalized spacial score (nSPS) is 22.9. The number of hydrogen-bond donors (Lipinski definition) is 1. The maximum absolute atomic E-state index is 13.5. The fraction of sp³-hybridized carbons (Fsp3) is 0.440. The molecule has 9 heteroatoms. The number of aliphatic hydroxyl groups excluding tert-OH is 1. The van der Waals surface area contributed by atoms with Gasteiger partial charge >= 0.3 is 0 Å². The molecule has 2 fully saturated rings. The zero-order valence-corrected chi connectivity index (χ0v) is 20.9. The molecule has 2 aromatic heterocycles. The van der Waals surface area contributed by atoms with Crippen LogP contribution in [0.25, 0.3) is 5.65 Å². The fourth-order valence-electron chi connectivity index (χ4n) is 5.03. The van der Waals surface area contributed by atoms with Crippen molar-refractivity contribution in [3.63, 3.8) is 0 Å². The van der Waals surface area contributed by atoms with E-state index in [1.54, 1.807) is 4.52 Å². The second kappa shape index (κ2) is 9.01. The van der Waals surface area contributed by atoms with E-state index in [2.05, 4.69) is 22.0 Å². The molecule has 4 heterocycles. The van der Waals surface area contributed by atoms with Gasteiger partial charge in [-0.3, -0.25) is 4.79 Å². The number of likely N-dealkylation sites (tertiary alicyclic amines) is 1. The number of aromatic nitrogens is 3. The van der Waals surface area contributed by atoms with Crippen LogP contribution in [-0.4, -0.2) is 56.2 Å². The lowest BCUT2D eigenvalue weighted by molar-refractivity contribution is 0.0604. The monoisotopic (exact) mass is 522 g/mol. The van der Waals surface area contributed by atoms with Gasteiger partial charge in [-0.2, -0.15) is 10.4 Å². The van der Waals surface area contributed by atoms with Gasteiger partial charge in [-0.05, 0) is 61.2 Å². The molecule has 176 valence electrons. The predicted octanol–water partition coefficient (Wildman–Crippen LogP) is 3.80. The Labute approximate surface area is 206 Å². The predicted molar refractivity (Wildman–Crippen MR) is 132 cm³/mol. The molecular formula is C25H27BrN6O2. The molecule has 0 aliphatic carbocycles. The van der Waals surface area contributed by atoms with Crippen molar-refractivity contribution in [2.75, 3.05) is 24.5 Å². The maximum Gasteiger partial charge on any atom is 0.255 e. The van der Waals surface area contributed by atoms with Crippen LogP contribution >= 0.6 is 15.9 Å². The Kier molecular flexibility index (Phi) is 6.04. The van der Waals surface area contributed by atoms with Gasteiger partial charge < -0.3 is 14.9 Å². The van der Waals surface area contributed by atoms with Crippen LogP contribution in [0, 0.1) is 31.1 Å². The van der Waals surface area contributed by atoms with Crippen LogP contribution in [0.2, 0.25) is 0 Å². The van der Waals surface area contributed by atoms with Gasteiger partial charge in [0.1, 0.15) is 5.82 Å². The highest BCUT2D eigenvalue weighted by Gasteiger charge is 2.34. The van der Waals surface area contributed by atoms with Crippen LogP contribution in [0.1, 0.15) is 52.5 Å². The summed E-state index contributed by atoms with van der Waals surface area (Å²) in [5.74, 6) is 0.354. The van der Waals surface area contributed by atoms with Crippen molar-refractivity contribution in [3.8, 4) is 6.07 Å². The number of fused-ring (bicyclic) bond motifs is 1. The highest BCUT2D eigenvalue weighted by molar-refractivity contribution is 9.10. The number of β-amino-alcohol motifs (C(OH)–C–C–N with tert-alkyl or cyclic N) is 1. The van der Waals surface area contributed by atoms with Gasteiger partial charge in [0.15, 0.2) is 5.65 Å². The SMILES string of the molecule is Cc1ccc(Br)c(C(=O)N2CCCC[C@H]2c2cc3nc(N4C[C@@H](C#N)[C@@H](O)C4)c(C)cn3n2)c1. The van der Waals surface area contributed by atoms with Crippen LogP contribution in [0.3, 0.4) is 0 Å². The molecule has 34 heavy (non-hydrogen) atoms. The average Bonchev–Trinajstić information content (AvgIpc) is 3.42. The smallest absolute Gasteiger partial charge is 0.255 e. The van der Waals surface area contributed by atoms with Gasteiger partial charge in [-0.25, -0.2) is 9.50 Å². The topological polar surface area (TPSA) is 97.8 Å². The lowest BCUT2D eigenvalue weighted by Crippen LogP contribution is -2.38.